The van der Waals surface area contributed by atoms with E-state index in [1.165, 1.54) is 6.07 Å². The van der Waals surface area contributed by atoms with Gasteiger partial charge < -0.3 is 10.5 Å². The molecule has 1 heterocycles. The summed E-state index contributed by atoms with van der Waals surface area (Å²) in [6.45, 7) is 0.584. The number of benzene rings is 1. The van der Waals surface area contributed by atoms with Gasteiger partial charge in [-0.2, -0.15) is 0 Å². The van der Waals surface area contributed by atoms with Gasteiger partial charge in [0.15, 0.2) is 17.4 Å². The Morgan fingerprint density at radius 2 is 1.94 bits per heavy atom. The Morgan fingerprint density at radius 1 is 1.17 bits per heavy atom. The monoisotopic (exact) mass is 247 g/mol. The number of para-hydroxylation sites is 1. The quantitative estimate of drug-likeness (QED) is 0.873. The van der Waals surface area contributed by atoms with Crippen molar-refractivity contribution in [1.82, 2.24) is 9.97 Å². The molecule has 0 atom stereocenters. The molecule has 0 radical (unpaired) electrons. The summed E-state index contributed by atoms with van der Waals surface area (Å²) in [6.07, 6.45) is 3.81. The van der Waals surface area contributed by atoms with Crippen molar-refractivity contribution < 1.29 is 9.13 Å². The summed E-state index contributed by atoms with van der Waals surface area (Å²) in [4.78, 5) is 8.03. The molecule has 0 saturated carbocycles. The van der Waals surface area contributed by atoms with Crippen LogP contribution in [0.2, 0.25) is 0 Å². The zero-order valence-corrected chi connectivity index (χ0v) is 9.84. The molecule has 1 aromatic heterocycles. The van der Waals surface area contributed by atoms with Crippen molar-refractivity contribution in [3.8, 4) is 5.75 Å². The molecule has 0 amide bonds. The fourth-order valence-corrected chi connectivity index (χ4v) is 1.61. The molecule has 2 rings (SSSR count). The van der Waals surface area contributed by atoms with Crippen molar-refractivity contribution in [2.24, 2.45) is 5.73 Å². The van der Waals surface area contributed by atoms with Crippen molar-refractivity contribution >= 4 is 0 Å². The number of nitrogens with two attached hydrogens (primary N) is 1. The highest BCUT2D eigenvalue weighted by Crippen LogP contribution is 2.23. The third kappa shape index (κ3) is 3.01. The SMILES string of the molecule is NCCc1cccc(F)c1OCc1ncccn1. The van der Waals surface area contributed by atoms with E-state index in [0.29, 0.717) is 18.8 Å². The minimum Gasteiger partial charge on any atom is -0.482 e. The van der Waals surface area contributed by atoms with Crippen LogP contribution in [0.15, 0.2) is 36.7 Å². The summed E-state index contributed by atoms with van der Waals surface area (Å²) in [5.74, 6) is 0.353. The fraction of sp³-hybridized carbons (Fsp3) is 0.231. The van der Waals surface area contributed by atoms with Crippen molar-refractivity contribution in [3.05, 3.63) is 53.9 Å². The molecule has 0 aliphatic rings. The zero-order valence-electron chi connectivity index (χ0n) is 9.84. The van der Waals surface area contributed by atoms with Crippen LogP contribution in [-0.4, -0.2) is 16.5 Å². The molecule has 0 aliphatic heterocycles. The summed E-state index contributed by atoms with van der Waals surface area (Å²) < 4.78 is 19.1. The normalized spacial score (nSPS) is 10.3. The minimum atomic E-state index is -0.392. The van der Waals surface area contributed by atoms with Crippen molar-refractivity contribution in [1.29, 1.82) is 0 Å². The van der Waals surface area contributed by atoms with Gasteiger partial charge in [0.25, 0.3) is 0 Å². The predicted molar refractivity (Wildman–Crippen MR) is 65.5 cm³/mol. The number of rotatable bonds is 5. The first-order valence-electron chi connectivity index (χ1n) is 5.67. The average Bonchev–Trinajstić information content (AvgIpc) is 2.40. The Labute approximate surface area is 105 Å². The van der Waals surface area contributed by atoms with Crippen LogP contribution >= 0.6 is 0 Å². The second kappa shape index (κ2) is 6.07. The van der Waals surface area contributed by atoms with Gasteiger partial charge in [0.05, 0.1) is 0 Å². The predicted octanol–water partition coefficient (Wildman–Crippen LogP) is 1.70. The van der Waals surface area contributed by atoms with Crippen LogP contribution in [0.25, 0.3) is 0 Å². The van der Waals surface area contributed by atoms with Gasteiger partial charge in [0.1, 0.15) is 6.61 Å². The maximum Gasteiger partial charge on any atom is 0.166 e. The zero-order chi connectivity index (χ0) is 12.8. The second-order valence-electron chi connectivity index (χ2n) is 3.72. The van der Waals surface area contributed by atoms with E-state index in [-0.39, 0.29) is 12.4 Å². The lowest BCUT2D eigenvalue weighted by molar-refractivity contribution is 0.278. The molecule has 0 unspecified atom stereocenters. The first kappa shape index (κ1) is 12.4. The third-order valence-electron chi connectivity index (χ3n) is 2.43. The average molecular weight is 247 g/mol. The van der Waals surface area contributed by atoms with Gasteiger partial charge in [-0.05, 0) is 30.7 Å². The highest BCUT2D eigenvalue weighted by atomic mass is 19.1. The number of halogens is 1. The Kier molecular flexibility index (Phi) is 4.20. The van der Waals surface area contributed by atoms with Crippen molar-refractivity contribution in [2.75, 3.05) is 6.54 Å². The van der Waals surface area contributed by atoms with Gasteiger partial charge in [0, 0.05) is 12.4 Å². The summed E-state index contributed by atoms with van der Waals surface area (Å²) in [5.41, 5.74) is 6.24. The number of ether oxygens (including phenoxy) is 1. The standard InChI is InChI=1S/C13H14FN3O/c14-11-4-1-3-10(5-6-15)13(11)18-9-12-16-7-2-8-17-12/h1-4,7-8H,5-6,9,15H2. The largest absolute Gasteiger partial charge is 0.482 e. The Hall–Kier alpha value is -2.01. The Bertz CT molecular complexity index is 505. The molecule has 0 aliphatic carbocycles. The van der Waals surface area contributed by atoms with E-state index in [9.17, 15) is 4.39 Å². The van der Waals surface area contributed by atoms with E-state index in [2.05, 4.69) is 9.97 Å². The smallest absolute Gasteiger partial charge is 0.166 e. The number of nitrogens with zero attached hydrogens (tertiary/aromatic N) is 2. The van der Waals surface area contributed by atoms with Gasteiger partial charge in [0.2, 0.25) is 0 Å². The van der Waals surface area contributed by atoms with Crippen LogP contribution in [0.1, 0.15) is 11.4 Å². The number of aromatic nitrogens is 2. The van der Waals surface area contributed by atoms with Crippen LogP contribution in [-0.2, 0) is 13.0 Å². The summed E-state index contributed by atoms with van der Waals surface area (Å²) in [7, 11) is 0. The molecular weight excluding hydrogens is 233 g/mol. The van der Waals surface area contributed by atoms with Crippen molar-refractivity contribution in [2.45, 2.75) is 13.0 Å². The van der Waals surface area contributed by atoms with Crippen LogP contribution < -0.4 is 10.5 Å². The van der Waals surface area contributed by atoms with E-state index in [1.807, 2.05) is 0 Å². The fourth-order valence-electron chi connectivity index (χ4n) is 1.61. The van der Waals surface area contributed by atoms with E-state index in [0.717, 1.165) is 5.56 Å². The molecule has 4 nitrogen and oxygen atoms in total. The lowest BCUT2D eigenvalue weighted by Gasteiger charge is -2.11. The van der Waals surface area contributed by atoms with E-state index >= 15 is 0 Å². The number of hydrogen-bond donors (Lipinski definition) is 1. The molecule has 2 aromatic rings. The highest BCUT2D eigenvalue weighted by molar-refractivity contribution is 5.35. The van der Waals surface area contributed by atoms with Crippen LogP contribution in [0.5, 0.6) is 5.75 Å². The molecule has 5 heteroatoms. The molecule has 0 fully saturated rings. The van der Waals surface area contributed by atoms with Gasteiger partial charge in [-0.1, -0.05) is 12.1 Å². The lowest BCUT2D eigenvalue weighted by Crippen LogP contribution is -2.07. The summed E-state index contributed by atoms with van der Waals surface area (Å²) in [5, 5.41) is 0. The topological polar surface area (TPSA) is 61.0 Å². The molecule has 0 spiro atoms. The Balaban J connectivity index is 2.13. The van der Waals surface area contributed by atoms with Crippen LogP contribution in [0, 0.1) is 5.82 Å². The first-order chi connectivity index (χ1) is 8.81. The Morgan fingerprint density at radius 3 is 2.67 bits per heavy atom. The van der Waals surface area contributed by atoms with Gasteiger partial charge in [-0.3, -0.25) is 0 Å². The van der Waals surface area contributed by atoms with Crippen LogP contribution in [0.3, 0.4) is 0 Å². The molecule has 18 heavy (non-hydrogen) atoms. The first-order valence-corrected chi connectivity index (χ1v) is 5.67. The highest BCUT2D eigenvalue weighted by Gasteiger charge is 2.09. The van der Waals surface area contributed by atoms with Crippen molar-refractivity contribution in [3.63, 3.8) is 0 Å². The molecule has 0 bridgehead atoms. The molecule has 94 valence electrons. The third-order valence-corrected chi connectivity index (χ3v) is 2.43. The van der Waals surface area contributed by atoms with Gasteiger partial charge in [-0.25, -0.2) is 14.4 Å². The molecular formula is C13H14FN3O. The maximum atomic E-state index is 13.7. The second-order valence-corrected chi connectivity index (χ2v) is 3.72. The molecule has 0 saturated heterocycles. The van der Waals surface area contributed by atoms with E-state index in [4.69, 9.17) is 10.5 Å². The summed E-state index contributed by atoms with van der Waals surface area (Å²) in [6, 6.07) is 6.52. The maximum absolute atomic E-state index is 13.7. The minimum absolute atomic E-state index is 0.138. The van der Waals surface area contributed by atoms with Gasteiger partial charge in [-0.15, -0.1) is 0 Å². The molecule has 1 aromatic carbocycles. The molecule has 2 N–H and O–H groups in total. The number of hydrogen-bond acceptors (Lipinski definition) is 4. The van der Waals surface area contributed by atoms with Crippen LogP contribution in [0.4, 0.5) is 4.39 Å². The summed E-state index contributed by atoms with van der Waals surface area (Å²) >= 11 is 0. The van der Waals surface area contributed by atoms with Gasteiger partial charge >= 0.3 is 0 Å². The van der Waals surface area contributed by atoms with E-state index in [1.54, 1.807) is 30.6 Å². The van der Waals surface area contributed by atoms with E-state index < -0.39 is 5.82 Å². The lowest BCUT2D eigenvalue weighted by atomic mass is 10.1.